The summed E-state index contributed by atoms with van der Waals surface area (Å²) in [6.07, 6.45) is 0. The molecule has 0 spiro atoms. The van der Waals surface area contributed by atoms with E-state index in [1.165, 1.54) is 0 Å². The van der Waals surface area contributed by atoms with Gasteiger partial charge in [0.2, 0.25) is 11.8 Å². The van der Waals surface area contributed by atoms with E-state index in [0.717, 1.165) is 16.8 Å². The Hall–Kier alpha value is -1.88. The molecule has 120 valence electrons. The number of nitrogens with zero attached hydrogens (tertiary/aromatic N) is 1. The number of hydrogen-bond acceptors (Lipinski definition) is 3. The Morgan fingerprint density at radius 2 is 1.82 bits per heavy atom. The summed E-state index contributed by atoms with van der Waals surface area (Å²) in [6, 6.07) is 5.75. The van der Waals surface area contributed by atoms with Gasteiger partial charge in [0.25, 0.3) is 0 Å². The standard InChI is InChI=1S/C17H24N2O3/c1-12-6-5-7-14(13(12)2)18-15(20)17(3,4)16(21)19-8-10-22-11-9-19/h5-7H,8-11H2,1-4H3,(H,18,20). The first-order chi connectivity index (χ1) is 10.3. The van der Waals surface area contributed by atoms with E-state index in [-0.39, 0.29) is 11.8 Å². The number of benzene rings is 1. The first-order valence-corrected chi connectivity index (χ1v) is 7.59. The molecule has 0 aromatic heterocycles. The van der Waals surface area contributed by atoms with Crippen LogP contribution in [-0.2, 0) is 14.3 Å². The highest BCUT2D eigenvalue weighted by Crippen LogP contribution is 2.25. The van der Waals surface area contributed by atoms with E-state index in [9.17, 15) is 9.59 Å². The van der Waals surface area contributed by atoms with Crippen molar-refractivity contribution in [1.29, 1.82) is 0 Å². The molecule has 0 atom stereocenters. The van der Waals surface area contributed by atoms with Gasteiger partial charge in [-0.3, -0.25) is 9.59 Å². The third-order valence-electron chi connectivity index (χ3n) is 4.25. The number of aryl methyl sites for hydroxylation is 1. The molecule has 0 aliphatic carbocycles. The molecule has 1 heterocycles. The van der Waals surface area contributed by atoms with Gasteiger partial charge in [-0.1, -0.05) is 12.1 Å². The van der Waals surface area contributed by atoms with Crippen LogP contribution in [0.25, 0.3) is 0 Å². The van der Waals surface area contributed by atoms with Gasteiger partial charge in [-0.2, -0.15) is 0 Å². The molecule has 1 aromatic rings. The lowest BCUT2D eigenvalue weighted by molar-refractivity contribution is -0.149. The number of carbonyl (C=O) groups is 2. The maximum atomic E-state index is 12.6. The molecule has 1 aliphatic heterocycles. The molecule has 2 rings (SSSR count). The van der Waals surface area contributed by atoms with Crippen molar-refractivity contribution < 1.29 is 14.3 Å². The van der Waals surface area contributed by atoms with Crippen molar-refractivity contribution in [3.63, 3.8) is 0 Å². The minimum atomic E-state index is -1.10. The predicted octanol–water partition coefficient (Wildman–Crippen LogP) is 2.13. The second-order valence-electron chi connectivity index (χ2n) is 6.23. The van der Waals surface area contributed by atoms with E-state index in [4.69, 9.17) is 4.74 Å². The Labute approximate surface area is 131 Å². The van der Waals surface area contributed by atoms with Crippen LogP contribution < -0.4 is 5.32 Å². The number of amides is 2. The Morgan fingerprint density at radius 1 is 1.18 bits per heavy atom. The topological polar surface area (TPSA) is 58.6 Å². The number of carbonyl (C=O) groups excluding carboxylic acids is 2. The van der Waals surface area contributed by atoms with Crippen molar-refractivity contribution in [1.82, 2.24) is 4.90 Å². The Bertz CT molecular complexity index is 575. The van der Waals surface area contributed by atoms with Gasteiger partial charge in [-0.05, 0) is 44.9 Å². The average Bonchev–Trinajstić information content (AvgIpc) is 2.51. The molecule has 0 saturated carbocycles. The SMILES string of the molecule is Cc1cccc(NC(=O)C(C)(C)C(=O)N2CCOCC2)c1C. The maximum absolute atomic E-state index is 12.6. The lowest BCUT2D eigenvalue weighted by atomic mass is 9.89. The molecule has 0 radical (unpaired) electrons. The monoisotopic (exact) mass is 304 g/mol. The lowest BCUT2D eigenvalue weighted by Crippen LogP contribution is -2.51. The molecule has 1 aliphatic rings. The van der Waals surface area contributed by atoms with E-state index in [1.807, 2.05) is 32.0 Å². The van der Waals surface area contributed by atoms with Crippen molar-refractivity contribution in [3.05, 3.63) is 29.3 Å². The van der Waals surface area contributed by atoms with Gasteiger partial charge in [-0.15, -0.1) is 0 Å². The van der Waals surface area contributed by atoms with Gasteiger partial charge < -0.3 is 15.0 Å². The highest BCUT2D eigenvalue weighted by Gasteiger charge is 2.39. The van der Waals surface area contributed by atoms with Crippen LogP contribution in [0, 0.1) is 19.3 Å². The van der Waals surface area contributed by atoms with Gasteiger partial charge >= 0.3 is 0 Å². The van der Waals surface area contributed by atoms with Crippen LogP contribution in [0.5, 0.6) is 0 Å². The fourth-order valence-corrected chi connectivity index (χ4v) is 2.42. The van der Waals surface area contributed by atoms with E-state index in [0.29, 0.717) is 26.3 Å². The second-order valence-corrected chi connectivity index (χ2v) is 6.23. The van der Waals surface area contributed by atoms with Crippen molar-refractivity contribution >= 4 is 17.5 Å². The highest BCUT2D eigenvalue weighted by molar-refractivity contribution is 6.10. The Morgan fingerprint density at radius 3 is 2.45 bits per heavy atom. The van der Waals surface area contributed by atoms with E-state index in [1.54, 1.807) is 18.7 Å². The van der Waals surface area contributed by atoms with E-state index in [2.05, 4.69) is 5.32 Å². The first kappa shape index (κ1) is 16.5. The third-order valence-corrected chi connectivity index (χ3v) is 4.25. The van der Waals surface area contributed by atoms with Crippen molar-refractivity contribution in [3.8, 4) is 0 Å². The van der Waals surface area contributed by atoms with Crippen LogP contribution in [0.15, 0.2) is 18.2 Å². The molecule has 0 unspecified atom stereocenters. The van der Waals surface area contributed by atoms with Crippen molar-refractivity contribution in [2.24, 2.45) is 5.41 Å². The molecule has 2 amide bonds. The number of nitrogens with one attached hydrogen (secondary N) is 1. The number of morpholine rings is 1. The van der Waals surface area contributed by atoms with Crippen molar-refractivity contribution in [2.75, 3.05) is 31.6 Å². The number of rotatable bonds is 3. The lowest BCUT2D eigenvalue weighted by Gasteiger charge is -2.33. The first-order valence-electron chi connectivity index (χ1n) is 7.59. The highest BCUT2D eigenvalue weighted by atomic mass is 16.5. The smallest absolute Gasteiger partial charge is 0.239 e. The van der Waals surface area contributed by atoms with Gasteiger partial charge in [0.15, 0.2) is 0 Å². The molecule has 5 nitrogen and oxygen atoms in total. The quantitative estimate of drug-likeness (QED) is 0.870. The third kappa shape index (κ3) is 3.30. The summed E-state index contributed by atoms with van der Waals surface area (Å²) >= 11 is 0. The normalized spacial score (nSPS) is 15.5. The molecular weight excluding hydrogens is 280 g/mol. The fourth-order valence-electron chi connectivity index (χ4n) is 2.42. The molecule has 1 aromatic carbocycles. The summed E-state index contributed by atoms with van der Waals surface area (Å²) in [5.74, 6) is -0.434. The minimum Gasteiger partial charge on any atom is -0.378 e. The average molecular weight is 304 g/mol. The minimum absolute atomic E-state index is 0.154. The zero-order chi connectivity index (χ0) is 16.3. The summed E-state index contributed by atoms with van der Waals surface area (Å²) < 4.78 is 5.25. The van der Waals surface area contributed by atoms with Gasteiger partial charge in [0.1, 0.15) is 5.41 Å². The van der Waals surface area contributed by atoms with Gasteiger partial charge in [0.05, 0.1) is 13.2 Å². The molecule has 1 fully saturated rings. The summed E-state index contributed by atoms with van der Waals surface area (Å²) in [4.78, 5) is 26.9. The van der Waals surface area contributed by atoms with Crippen molar-refractivity contribution in [2.45, 2.75) is 27.7 Å². The number of hydrogen-bond donors (Lipinski definition) is 1. The molecule has 1 N–H and O–H groups in total. The maximum Gasteiger partial charge on any atom is 0.239 e. The summed E-state index contributed by atoms with van der Waals surface area (Å²) in [5.41, 5.74) is 1.78. The van der Waals surface area contributed by atoms with Crippen LogP contribution in [0.4, 0.5) is 5.69 Å². The predicted molar refractivity (Wildman–Crippen MR) is 85.7 cm³/mol. The summed E-state index contributed by atoms with van der Waals surface area (Å²) in [7, 11) is 0. The molecular formula is C17H24N2O3. The molecule has 5 heteroatoms. The van der Waals surface area contributed by atoms with Crippen LogP contribution >= 0.6 is 0 Å². The molecule has 1 saturated heterocycles. The number of ether oxygens (including phenoxy) is 1. The van der Waals surface area contributed by atoms with Crippen LogP contribution in [-0.4, -0.2) is 43.0 Å². The molecule has 22 heavy (non-hydrogen) atoms. The fraction of sp³-hybridized carbons (Fsp3) is 0.529. The van der Waals surface area contributed by atoms with Crippen LogP contribution in [0.1, 0.15) is 25.0 Å². The van der Waals surface area contributed by atoms with Gasteiger partial charge in [-0.25, -0.2) is 0 Å². The zero-order valence-electron chi connectivity index (χ0n) is 13.7. The van der Waals surface area contributed by atoms with Crippen LogP contribution in [0.2, 0.25) is 0 Å². The summed E-state index contributed by atoms with van der Waals surface area (Å²) in [6.45, 7) is 9.44. The largest absolute Gasteiger partial charge is 0.378 e. The summed E-state index contributed by atoms with van der Waals surface area (Å²) in [5, 5.41) is 2.89. The van der Waals surface area contributed by atoms with E-state index < -0.39 is 5.41 Å². The van der Waals surface area contributed by atoms with Crippen LogP contribution in [0.3, 0.4) is 0 Å². The second kappa shape index (κ2) is 6.48. The number of anilines is 1. The zero-order valence-corrected chi connectivity index (χ0v) is 13.7. The molecule has 0 bridgehead atoms. The van der Waals surface area contributed by atoms with Gasteiger partial charge in [0, 0.05) is 18.8 Å². The Kier molecular flexibility index (Phi) is 4.86. The Balaban J connectivity index is 2.12. The van der Waals surface area contributed by atoms with E-state index >= 15 is 0 Å².